The van der Waals surface area contributed by atoms with E-state index < -0.39 is 0 Å². The monoisotopic (exact) mass is 227 g/mol. The molecule has 1 rings (SSSR count). The zero-order valence-electron chi connectivity index (χ0n) is 11.9. The molecule has 3 N–H and O–H groups in total. The molecule has 96 valence electrons. The predicted octanol–water partition coefficient (Wildman–Crippen LogP) is 1.99. The first kappa shape index (κ1) is 13.9. The van der Waals surface area contributed by atoms with Crippen molar-refractivity contribution in [2.24, 2.45) is 16.6 Å². The van der Waals surface area contributed by atoms with Gasteiger partial charge < -0.3 is 5.73 Å². The average molecular weight is 227 g/mol. The van der Waals surface area contributed by atoms with Crippen molar-refractivity contribution in [3.8, 4) is 0 Å². The third kappa shape index (κ3) is 3.44. The molecule has 0 heterocycles. The quantitative estimate of drug-likeness (QED) is 0.725. The highest BCUT2D eigenvalue weighted by molar-refractivity contribution is 5.02. The molecule has 1 aliphatic rings. The van der Waals surface area contributed by atoms with Gasteiger partial charge in [-0.05, 0) is 30.1 Å². The molecule has 0 unspecified atom stereocenters. The fourth-order valence-corrected chi connectivity index (χ4v) is 4.06. The molecule has 3 nitrogen and oxygen atoms in total. The number of nitrogens with zero attached hydrogens (tertiary/aromatic N) is 1. The highest BCUT2D eigenvalue weighted by Crippen LogP contribution is 2.49. The lowest BCUT2D eigenvalue weighted by Gasteiger charge is -2.52. The molecule has 1 fully saturated rings. The van der Waals surface area contributed by atoms with Gasteiger partial charge in [0, 0.05) is 26.2 Å². The molecule has 1 saturated carbocycles. The minimum Gasteiger partial charge on any atom is -0.329 e. The van der Waals surface area contributed by atoms with E-state index in [0.717, 1.165) is 12.8 Å². The molecule has 0 aromatic rings. The summed E-state index contributed by atoms with van der Waals surface area (Å²) in [7, 11) is 4.10. The van der Waals surface area contributed by atoms with Crippen LogP contribution in [0.1, 0.15) is 47.0 Å². The Hall–Kier alpha value is -0.120. The molecular formula is C13H29N3. The van der Waals surface area contributed by atoms with E-state index >= 15 is 0 Å². The molecule has 0 saturated heterocycles. The Labute approximate surface area is 101 Å². The van der Waals surface area contributed by atoms with Crippen LogP contribution in [-0.2, 0) is 0 Å². The summed E-state index contributed by atoms with van der Waals surface area (Å²) in [4.78, 5) is 0. The summed E-state index contributed by atoms with van der Waals surface area (Å²) in [6.07, 6.45) is 3.58. The summed E-state index contributed by atoms with van der Waals surface area (Å²) < 4.78 is 0. The minimum atomic E-state index is 0.0642. The van der Waals surface area contributed by atoms with Crippen molar-refractivity contribution in [2.45, 2.75) is 52.5 Å². The molecule has 0 aliphatic heterocycles. The summed E-state index contributed by atoms with van der Waals surface area (Å²) >= 11 is 0. The van der Waals surface area contributed by atoms with E-state index in [1.54, 1.807) is 0 Å². The third-order valence-electron chi connectivity index (χ3n) is 3.44. The van der Waals surface area contributed by atoms with Gasteiger partial charge in [0.15, 0.2) is 0 Å². The normalized spacial score (nSPS) is 27.0. The molecule has 3 heteroatoms. The average Bonchev–Trinajstić information content (AvgIpc) is 1.96. The van der Waals surface area contributed by atoms with Crippen molar-refractivity contribution in [1.82, 2.24) is 10.4 Å². The molecule has 0 bridgehead atoms. The summed E-state index contributed by atoms with van der Waals surface area (Å²) in [5.74, 6) is 0. The summed E-state index contributed by atoms with van der Waals surface area (Å²) in [5.41, 5.74) is 10.4. The Kier molecular flexibility index (Phi) is 3.73. The van der Waals surface area contributed by atoms with E-state index in [4.69, 9.17) is 5.73 Å². The number of nitrogens with one attached hydrogen (secondary N) is 1. The number of rotatable bonds is 3. The SMILES string of the molecule is CN(C)NC1(CN)CC(C)(C)CC(C)(C)C1. The molecular weight excluding hydrogens is 198 g/mol. The largest absolute Gasteiger partial charge is 0.329 e. The van der Waals surface area contributed by atoms with Crippen molar-refractivity contribution < 1.29 is 0 Å². The maximum Gasteiger partial charge on any atom is 0.0458 e. The van der Waals surface area contributed by atoms with Gasteiger partial charge in [-0.1, -0.05) is 27.7 Å². The predicted molar refractivity (Wildman–Crippen MR) is 70.0 cm³/mol. The van der Waals surface area contributed by atoms with Crippen LogP contribution in [0.15, 0.2) is 0 Å². The van der Waals surface area contributed by atoms with Crippen molar-refractivity contribution in [2.75, 3.05) is 20.6 Å². The van der Waals surface area contributed by atoms with Crippen LogP contribution in [0.4, 0.5) is 0 Å². The van der Waals surface area contributed by atoms with Crippen LogP contribution in [0.2, 0.25) is 0 Å². The third-order valence-corrected chi connectivity index (χ3v) is 3.44. The Morgan fingerprint density at radius 2 is 1.44 bits per heavy atom. The lowest BCUT2D eigenvalue weighted by Crippen LogP contribution is -2.62. The Bertz CT molecular complexity index is 228. The van der Waals surface area contributed by atoms with E-state index in [1.165, 1.54) is 6.42 Å². The zero-order valence-corrected chi connectivity index (χ0v) is 11.9. The number of hydrogen-bond donors (Lipinski definition) is 2. The van der Waals surface area contributed by atoms with Gasteiger partial charge in [0.25, 0.3) is 0 Å². The second kappa shape index (κ2) is 4.28. The molecule has 16 heavy (non-hydrogen) atoms. The highest BCUT2D eigenvalue weighted by atomic mass is 15.5. The molecule has 0 aromatic heterocycles. The fourth-order valence-electron chi connectivity index (χ4n) is 4.06. The summed E-state index contributed by atoms with van der Waals surface area (Å²) in [5, 5.41) is 2.05. The van der Waals surface area contributed by atoms with Gasteiger partial charge >= 0.3 is 0 Å². The van der Waals surface area contributed by atoms with Crippen LogP contribution in [0.5, 0.6) is 0 Å². The van der Waals surface area contributed by atoms with E-state index in [9.17, 15) is 0 Å². The van der Waals surface area contributed by atoms with E-state index in [0.29, 0.717) is 17.4 Å². The van der Waals surface area contributed by atoms with Crippen LogP contribution in [0, 0.1) is 10.8 Å². The first-order chi connectivity index (χ1) is 7.10. The van der Waals surface area contributed by atoms with Crippen LogP contribution in [0.3, 0.4) is 0 Å². The first-order valence-electron chi connectivity index (χ1n) is 6.25. The van der Waals surface area contributed by atoms with Gasteiger partial charge in [0.2, 0.25) is 0 Å². The van der Waals surface area contributed by atoms with E-state index in [1.807, 2.05) is 19.1 Å². The van der Waals surface area contributed by atoms with Gasteiger partial charge in [-0.15, -0.1) is 0 Å². The van der Waals surface area contributed by atoms with Gasteiger partial charge in [-0.3, -0.25) is 5.01 Å². The number of hydrogen-bond acceptors (Lipinski definition) is 3. The molecule has 0 spiro atoms. The van der Waals surface area contributed by atoms with Crippen molar-refractivity contribution >= 4 is 0 Å². The Morgan fingerprint density at radius 3 is 1.75 bits per heavy atom. The van der Waals surface area contributed by atoms with Gasteiger partial charge in [-0.25, -0.2) is 5.43 Å². The lowest BCUT2D eigenvalue weighted by atomic mass is 9.58. The van der Waals surface area contributed by atoms with Crippen LogP contribution in [-0.4, -0.2) is 31.2 Å². The smallest absolute Gasteiger partial charge is 0.0458 e. The van der Waals surface area contributed by atoms with Crippen LogP contribution in [0.25, 0.3) is 0 Å². The van der Waals surface area contributed by atoms with Gasteiger partial charge in [0.05, 0.1) is 0 Å². The van der Waals surface area contributed by atoms with E-state index in [-0.39, 0.29) is 5.54 Å². The maximum atomic E-state index is 6.04. The lowest BCUT2D eigenvalue weighted by molar-refractivity contribution is -0.00105. The topological polar surface area (TPSA) is 41.3 Å². The fraction of sp³-hybridized carbons (Fsp3) is 1.00. The minimum absolute atomic E-state index is 0.0642. The standard InChI is InChI=1S/C13H29N3/c1-11(2)7-12(3,4)9-13(8-11,10-14)15-16(5)6/h15H,7-10,14H2,1-6H3. The summed E-state index contributed by atoms with van der Waals surface area (Å²) in [6, 6.07) is 0. The Morgan fingerprint density at radius 1 is 1.00 bits per heavy atom. The van der Waals surface area contributed by atoms with E-state index in [2.05, 4.69) is 33.1 Å². The van der Waals surface area contributed by atoms with Crippen LogP contribution < -0.4 is 11.2 Å². The van der Waals surface area contributed by atoms with Crippen LogP contribution >= 0.6 is 0 Å². The maximum absolute atomic E-state index is 6.04. The number of nitrogens with two attached hydrogens (primary N) is 1. The zero-order chi connectivity index (χ0) is 12.6. The molecule has 0 atom stereocenters. The first-order valence-corrected chi connectivity index (χ1v) is 6.25. The second-order valence-corrected chi connectivity index (χ2v) is 7.35. The molecule has 0 aromatic carbocycles. The molecule has 0 amide bonds. The Balaban J connectivity index is 2.92. The molecule has 0 radical (unpaired) electrons. The second-order valence-electron chi connectivity index (χ2n) is 7.35. The highest BCUT2D eigenvalue weighted by Gasteiger charge is 2.46. The van der Waals surface area contributed by atoms with Crippen molar-refractivity contribution in [1.29, 1.82) is 0 Å². The summed E-state index contributed by atoms with van der Waals surface area (Å²) in [6.45, 7) is 10.1. The van der Waals surface area contributed by atoms with Gasteiger partial charge in [-0.2, -0.15) is 0 Å². The van der Waals surface area contributed by atoms with Gasteiger partial charge in [0.1, 0.15) is 0 Å². The molecule has 1 aliphatic carbocycles. The van der Waals surface area contributed by atoms with Crippen molar-refractivity contribution in [3.05, 3.63) is 0 Å². The number of hydrazine groups is 1. The van der Waals surface area contributed by atoms with Crippen molar-refractivity contribution in [3.63, 3.8) is 0 Å².